The minimum absolute atomic E-state index is 0.158. The molecule has 7 nitrogen and oxygen atoms in total. The second-order valence-electron chi connectivity index (χ2n) is 9.51. The van der Waals surface area contributed by atoms with Crippen molar-refractivity contribution in [3.05, 3.63) is 54.0 Å². The molecule has 0 amide bonds. The van der Waals surface area contributed by atoms with Crippen molar-refractivity contribution in [3.8, 4) is 11.1 Å². The number of para-hydroxylation sites is 1. The summed E-state index contributed by atoms with van der Waals surface area (Å²) in [6.45, 7) is 9.46. The van der Waals surface area contributed by atoms with Crippen molar-refractivity contribution in [2.75, 3.05) is 29.5 Å². The minimum atomic E-state index is -2.97. The Morgan fingerprint density at radius 1 is 1.03 bits per heavy atom. The summed E-state index contributed by atoms with van der Waals surface area (Å²) in [7, 11) is -2.97. The number of anilines is 1. The first-order chi connectivity index (χ1) is 15.1. The Morgan fingerprint density at radius 2 is 1.75 bits per heavy atom. The van der Waals surface area contributed by atoms with Gasteiger partial charge in [-0.15, -0.1) is 0 Å². The van der Waals surface area contributed by atoms with Crippen molar-refractivity contribution in [3.63, 3.8) is 0 Å². The zero-order valence-corrected chi connectivity index (χ0v) is 19.6. The Hall–Kier alpha value is -3.00. The normalized spacial score (nSPS) is 16.7. The van der Waals surface area contributed by atoms with Crippen molar-refractivity contribution < 1.29 is 8.42 Å². The lowest BCUT2D eigenvalue weighted by Crippen LogP contribution is -2.41. The third-order valence-corrected chi connectivity index (χ3v) is 7.72. The van der Waals surface area contributed by atoms with Gasteiger partial charge in [-0.3, -0.25) is 4.98 Å². The summed E-state index contributed by atoms with van der Waals surface area (Å²) in [6.07, 6.45) is 3.72. The van der Waals surface area contributed by atoms with Crippen LogP contribution in [0.25, 0.3) is 27.7 Å². The molecule has 0 aliphatic carbocycles. The molecule has 3 aromatic heterocycles. The predicted octanol–water partition coefficient (Wildman–Crippen LogP) is 3.79. The van der Waals surface area contributed by atoms with Crippen LogP contribution < -0.4 is 4.90 Å². The lowest BCUT2D eigenvalue weighted by Gasteiger charge is -2.32. The largest absolute Gasteiger partial charge is 0.354 e. The quantitative estimate of drug-likeness (QED) is 0.463. The van der Waals surface area contributed by atoms with Gasteiger partial charge in [-0.05, 0) is 19.1 Å². The maximum Gasteiger partial charge on any atom is 0.165 e. The summed E-state index contributed by atoms with van der Waals surface area (Å²) in [4.78, 5) is 11.8. The molecule has 1 aliphatic rings. The average Bonchev–Trinajstić information content (AvgIpc) is 3.15. The highest BCUT2D eigenvalue weighted by Gasteiger charge is 2.30. The molecule has 0 bridgehead atoms. The van der Waals surface area contributed by atoms with Crippen molar-refractivity contribution in [2.24, 2.45) is 0 Å². The first-order valence-corrected chi connectivity index (χ1v) is 12.7. The Balaban J connectivity index is 1.72. The van der Waals surface area contributed by atoms with Gasteiger partial charge in [0.1, 0.15) is 5.82 Å². The minimum Gasteiger partial charge on any atom is -0.354 e. The number of aromatic nitrogens is 4. The lowest BCUT2D eigenvalue weighted by atomic mass is 9.88. The molecule has 1 fully saturated rings. The van der Waals surface area contributed by atoms with Gasteiger partial charge in [0.25, 0.3) is 0 Å². The standard InChI is InChI=1S/C24H27N5O2S/c1-16-21(24(2,3)4)29-23(27-22(16)28-9-11-32(30,31)12-10-28)19(15-26-29)18-13-17-7-5-6-8-20(17)25-14-18/h5-8,13-15H,9-12H2,1-4H3. The molecular weight excluding hydrogens is 422 g/mol. The zero-order chi connectivity index (χ0) is 22.7. The van der Waals surface area contributed by atoms with Crippen LogP contribution in [-0.4, -0.2) is 52.6 Å². The number of hydrogen-bond donors (Lipinski definition) is 0. The lowest BCUT2D eigenvalue weighted by molar-refractivity contribution is 0.540. The van der Waals surface area contributed by atoms with Gasteiger partial charge in [0, 0.05) is 46.8 Å². The van der Waals surface area contributed by atoms with Crippen molar-refractivity contribution in [2.45, 2.75) is 33.1 Å². The summed E-state index contributed by atoms with van der Waals surface area (Å²) >= 11 is 0. The fourth-order valence-corrected chi connectivity index (χ4v) is 5.80. The average molecular weight is 450 g/mol. The zero-order valence-electron chi connectivity index (χ0n) is 18.8. The van der Waals surface area contributed by atoms with Gasteiger partial charge in [-0.1, -0.05) is 39.0 Å². The second-order valence-corrected chi connectivity index (χ2v) is 11.8. The Labute approximate surface area is 188 Å². The molecule has 0 N–H and O–H groups in total. The number of hydrogen-bond acceptors (Lipinski definition) is 6. The fourth-order valence-electron chi connectivity index (χ4n) is 4.60. The van der Waals surface area contributed by atoms with E-state index in [1.807, 2.05) is 35.1 Å². The molecule has 0 spiro atoms. The van der Waals surface area contributed by atoms with E-state index in [1.54, 1.807) is 0 Å². The second kappa shape index (κ2) is 7.27. The topological polar surface area (TPSA) is 80.5 Å². The maximum atomic E-state index is 12.0. The van der Waals surface area contributed by atoms with Crippen molar-refractivity contribution in [1.29, 1.82) is 0 Å². The molecule has 0 saturated carbocycles. The summed E-state index contributed by atoms with van der Waals surface area (Å²) in [5, 5.41) is 5.79. The molecule has 5 rings (SSSR count). The molecular formula is C24H27N5O2S. The number of nitrogens with zero attached hydrogens (tertiary/aromatic N) is 5. The molecule has 4 heterocycles. The molecule has 166 valence electrons. The van der Waals surface area contributed by atoms with Crippen LogP contribution in [0.3, 0.4) is 0 Å². The number of pyridine rings is 1. The number of benzene rings is 1. The van der Waals surface area contributed by atoms with Gasteiger partial charge < -0.3 is 4.90 Å². The highest BCUT2D eigenvalue weighted by Crippen LogP contribution is 2.35. The molecule has 1 saturated heterocycles. The van der Waals surface area contributed by atoms with Gasteiger partial charge in [0.05, 0.1) is 28.9 Å². The molecule has 32 heavy (non-hydrogen) atoms. The Morgan fingerprint density at radius 3 is 2.47 bits per heavy atom. The fraction of sp³-hybridized carbons (Fsp3) is 0.375. The number of sulfone groups is 1. The van der Waals surface area contributed by atoms with Gasteiger partial charge in [-0.2, -0.15) is 5.10 Å². The Bertz CT molecular complexity index is 1440. The molecule has 1 aliphatic heterocycles. The third kappa shape index (κ3) is 3.52. The molecule has 4 aromatic rings. The van der Waals surface area contributed by atoms with E-state index in [4.69, 9.17) is 10.1 Å². The van der Waals surface area contributed by atoms with Gasteiger partial charge in [0.15, 0.2) is 15.5 Å². The highest BCUT2D eigenvalue weighted by molar-refractivity contribution is 7.91. The van der Waals surface area contributed by atoms with E-state index >= 15 is 0 Å². The monoisotopic (exact) mass is 449 g/mol. The van der Waals surface area contributed by atoms with Crippen molar-refractivity contribution in [1.82, 2.24) is 19.6 Å². The summed E-state index contributed by atoms with van der Waals surface area (Å²) in [5.41, 5.74) is 5.53. The third-order valence-electron chi connectivity index (χ3n) is 6.11. The van der Waals surface area contributed by atoms with Crippen LogP contribution >= 0.6 is 0 Å². The summed E-state index contributed by atoms with van der Waals surface area (Å²) in [5.74, 6) is 1.16. The van der Waals surface area contributed by atoms with E-state index in [-0.39, 0.29) is 16.9 Å². The molecule has 0 atom stereocenters. The van der Waals surface area contributed by atoms with Crippen LogP contribution in [0, 0.1) is 6.92 Å². The van der Waals surface area contributed by atoms with E-state index < -0.39 is 9.84 Å². The van der Waals surface area contributed by atoms with Gasteiger partial charge in [-0.25, -0.2) is 17.9 Å². The van der Waals surface area contributed by atoms with Crippen LogP contribution in [-0.2, 0) is 15.3 Å². The van der Waals surface area contributed by atoms with E-state index in [2.05, 4.69) is 49.7 Å². The van der Waals surface area contributed by atoms with E-state index in [0.717, 1.165) is 44.8 Å². The van der Waals surface area contributed by atoms with Crippen LogP contribution in [0.15, 0.2) is 42.7 Å². The number of rotatable bonds is 2. The Kier molecular flexibility index (Phi) is 4.74. The van der Waals surface area contributed by atoms with Gasteiger partial charge >= 0.3 is 0 Å². The summed E-state index contributed by atoms with van der Waals surface area (Å²) < 4.78 is 25.9. The molecule has 1 aromatic carbocycles. The number of fused-ring (bicyclic) bond motifs is 2. The summed E-state index contributed by atoms with van der Waals surface area (Å²) in [6, 6.07) is 10.2. The molecule has 8 heteroatoms. The van der Waals surface area contributed by atoms with Crippen molar-refractivity contribution >= 4 is 32.2 Å². The SMILES string of the molecule is Cc1c(N2CCS(=O)(=O)CC2)nc2c(-c3cnc4ccccc4c3)cnn2c1C(C)(C)C. The van der Waals surface area contributed by atoms with Crippen LogP contribution in [0.4, 0.5) is 5.82 Å². The van der Waals surface area contributed by atoms with E-state index in [1.165, 1.54) is 0 Å². The van der Waals surface area contributed by atoms with Crippen LogP contribution in [0.5, 0.6) is 0 Å². The van der Waals surface area contributed by atoms with Gasteiger partial charge in [0.2, 0.25) is 0 Å². The van der Waals surface area contributed by atoms with E-state index in [9.17, 15) is 8.42 Å². The van der Waals surface area contributed by atoms with Crippen LogP contribution in [0.2, 0.25) is 0 Å². The predicted molar refractivity (Wildman–Crippen MR) is 128 cm³/mol. The van der Waals surface area contributed by atoms with E-state index in [0.29, 0.717) is 13.1 Å². The highest BCUT2D eigenvalue weighted by atomic mass is 32.2. The smallest absolute Gasteiger partial charge is 0.165 e. The molecule has 0 unspecified atom stereocenters. The van der Waals surface area contributed by atoms with Crippen LogP contribution in [0.1, 0.15) is 32.0 Å². The first-order valence-electron chi connectivity index (χ1n) is 10.8. The molecule has 0 radical (unpaired) electrons. The first kappa shape index (κ1) is 20.9. The maximum absolute atomic E-state index is 12.0.